The van der Waals surface area contributed by atoms with Crippen LogP contribution in [0.5, 0.6) is 0 Å². The molecule has 0 saturated heterocycles. The average Bonchev–Trinajstić information content (AvgIpc) is 2.62. The number of amides is 2. The van der Waals surface area contributed by atoms with Crippen LogP contribution >= 0.6 is 0 Å². The van der Waals surface area contributed by atoms with Crippen molar-refractivity contribution in [3.05, 3.63) is 35.9 Å². The van der Waals surface area contributed by atoms with Gasteiger partial charge in [0.05, 0.1) is 19.8 Å². The lowest BCUT2D eigenvalue weighted by Crippen LogP contribution is -2.56. The van der Waals surface area contributed by atoms with Gasteiger partial charge in [-0.3, -0.25) is 4.79 Å². The van der Waals surface area contributed by atoms with Crippen molar-refractivity contribution in [2.75, 3.05) is 13.7 Å². The first-order valence-corrected chi connectivity index (χ1v) is 7.53. The van der Waals surface area contributed by atoms with E-state index >= 15 is 0 Å². The summed E-state index contributed by atoms with van der Waals surface area (Å²) in [5.74, 6) is -1.72. The fraction of sp³-hybridized carbons (Fsp3) is 0.438. The summed E-state index contributed by atoms with van der Waals surface area (Å²) in [7, 11) is 1.10. The van der Waals surface area contributed by atoms with Crippen molar-refractivity contribution in [1.82, 2.24) is 10.6 Å². The Bertz CT molecular complexity index is 577. The van der Waals surface area contributed by atoms with E-state index in [-0.39, 0.29) is 6.61 Å². The molecule has 1 rings (SSSR count). The lowest BCUT2D eigenvalue weighted by molar-refractivity contribution is -0.148. The van der Waals surface area contributed by atoms with E-state index in [1.807, 2.05) is 6.07 Å². The molecule has 0 aliphatic heterocycles. The maximum absolute atomic E-state index is 12.1. The number of carbonyl (C=O) groups excluding carboxylic acids is 3. The molecule has 0 heterocycles. The summed E-state index contributed by atoms with van der Waals surface area (Å²) >= 11 is 0. The molecule has 25 heavy (non-hydrogen) atoms. The summed E-state index contributed by atoms with van der Waals surface area (Å²) in [5, 5.41) is 23.2. The second-order valence-electron chi connectivity index (χ2n) is 5.19. The van der Waals surface area contributed by atoms with Gasteiger partial charge in [0.15, 0.2) is 6.04 Å². The van der Waals surface area contributed by atoms with E-state index < -0.39 is 42.8 Å². The van der Waals surface area contributed by atoms with Gasteiger partial charge in [0.1, 0.15) is 12.6 Å². The molecular weight excluding hydrogens is 332 g/mol. The first-order valence-electron chi connectivity index (χ1n) is 7.53. The third-order valence-corrected chi connectivity index (χ3v) is 3.24. The maximum Gasteiger partial charge on any atom is 0.408 e. The molecular formula is C16H22N2O7. The van der Waals surface area contributed by atoms with E-state index in [0.29, 0.717) is 0 Å². The molecule has 0 aliphatic carbocycles. The summed E-state index contributed by atoms with van der Waals surface area (Å²) in [4.78, 5) is 35.3. The van der Waals surface area contributed by atoms with Crippen molar-refractivity contribution in [3.8, 4) is 0 Å². The number of aliphatic hydroxyl groups excluding tert-OH is 2. The Hall–Kier alpha value is -2.65. The first kappa shape index (κ1) is 20.4. The molecule has 0 spiro atoms. The van der Waals surface area contributed by atoms with Gasteiger partial charge in [-0.1, -0.05) is 30.3 Å². The van der Waals surface area contributed by atoms with Crippen molar-refractivity contribution in [3.63, 3.8) is 0 Å². The zero-order chi connectivity index (χ0) is 18.8. The van der Waals surface area contributed by atoms with E-state index in [4.69, 9.17) is 4.74 Å². The molecule has 4 N–H and O–H groups in total. The van der Waals surface area contributed by atoms with Crippen LogP contribution in [0.25, 0.3) is 0 Å². The molecule has 0 saturated carbocycles. The lowest BCUT2D eigenvalue weighted by Gasteiger charge is -2.22. The Kier molecular flexibility index (Phi) is 8.37. The number of benzene rings is 1. The average molecular weight is 354 g/mol. The quantitative estimate of drug-likeness (QED) is 0.454. The summed E-state index contributed by atoms with van der Waals surface area (Å²) in [6.07, 6.45) is -2.13. The number of aliphatic hydroxyl groups is 2. The minimum Gasteiger partial charge on any atom is -0.467 e. The van der Waals surface area contributed by atoms with Gasteiger partial charge in [-0.15, -0.1) is 0 Å². The Morgan fingerprint density at radius 1 is 1.16 bits per heavy atom. The van der Waals surface area contributed by atoms with Crippen LogP contribution in [0.4, 0.5) is 4.79 Å². The highest BCUT2D eigenvalue weighted by atomic mass is 16.5. The Labute approximate surface area is 144 Å². The van der Waals surface area contributed by atoms with E-state index in [1.165, 1.54) is 6.92 Å². The van der Waals surface area contributed by atoms with Crippen LogP contribution < -0.4 is 10.6 Å². The summed E-state index contributed by atoms with van der Waals surface area (Å²) < 4.78 is 9.42. The second-order valence-corrected chi connectivity index (χ2v) is 5.19. The molecule has 0 aliphatic rings. The molecule has 2 amide bonds. The lowest BCUT2D eigenvalue weighted by atomic mass is 10.1. The number of methoxy groups -OCH3 is 1. The standard InChI is InChI=1S/C16H22N2O7/c1-10(20)13(15(22)24-2)18-14(21)12(8-19)17-16(23)25-9-11-6-4-3-5-7-11/h3-7,10,12-13,19-20H,8-9H2,1-2H3,(H,17,23)(H,18,21). The third-order valence-electron chi connectivity index (χ3n) is 3.24. The Balaban J connectivity index is 2.57. The molecule has 9 heteroatoms. The SMILES string of the molecule is COC(=O)C(NC(=O)C(CO)NC(=O)OCc1ccccc1)C(C)O. The fourth-order valence-corrected chi connectivity index (χ4v) is 1.86. The smallest absolute Gasteiger partial charge is 0.408 e. The number of hydrogen-bond acceptors (Lipinski definition) is 7. The molecule has 9 nitrogen and oxygen atoms in total. The summed E-state index contributed by atoms with van der Waals surface area (Å²) in [6.45, 7) is 0.558. The number of carbonyl (C=O) groups is 3. The van der Waals surface area contributed by atoms with Crippen molar-refractivity contribution in [2.45, 2.75) is 31.7 Å². The van der Waals surface area contributed by atoms with Gasteiger partial charge < -0.3 is 30.3 Å². The number of nitrogens with one attached hydrogen (secondary N) is 2. The molecule has 138 valence electrons. The van der Waals surface area contributed by atoms with Gasteiger partial charge in [0.2, 0.25) is 5.91 Å². The predicted octanol–water partition coefficient (Wildman–Crippen LogP) is -0.688. The van der Waals surface area contributed by atoms with Gasteiger partial charge in [0.25, 0.3) is 0 Å². The largest absolute Gasteiger partial charge is 0.467 e. The van der Waals surface area contributed by atoms with Crippen molar-refractivity contribution in [1.29, 1.82) is 0 Å². The number of rotatable bonds is 8. The highest BCUT2D eigenvalue weighted by Crippen LogP contribution is 2.01. The molecule has 3 atom stereocenters. The minimum absolute atomic E-state index is 0.00903. The number of esters is 1. The van der Waals surface area contributed by atoms with E-state index in [1.54, 1.807) is 24.3 Å². The molecule has 0 bridgehead atoms. The molecule has 0 radical (unpaired) electrons. The van der Waals surface area contributed by atoms with Gasteiger partial charge in [-0.05, 0) is 12.5 Å². The normalized spacial score (nSPS) is 13.9. The maximum atomic E-state index is 12.1. The fourth-order valence-electron chi connectivity index (χ4n) is 1.86. The minimum atomic E-state index is -1.35. The van der Waals surface area contributed by atoms with Gasteiger partial charge in [-0.25, -0.2) is 9.59 Å². The molecule has 1 aromatic carbocycles. The second kappa shape index (κ2) is 10.3. The first-order chi connectivity index (χ1) is 11.9. The van der Waals surface area contributed by atoms with Crippen LogP contribution in [0.2, 0.25) is 0 Å². The van der Waals surface area contributed by atoms with Crippen molar-refractivity contribution in [2.24, 2.45) is 0 Å². The van der Waals surface area contributed by atoms with E-state index in [2.05, 4.69) is 15.4 Å². The van der Waals surface area contributed by atoms with Gasteiger partial charge in [-0.2, -0.15) is 0 Å². The third kappa shape index (κ3) is 6.77. The molecule has 0 aromatic heterocycles. The summed E-state index contributed by atoms with van der Waals surface area (Å²) in [6, 6.07) is 6.21. The van der Waals surface area contributed by atoms with Gasteiger partial charge >= 0.3 is 12.1 Å². The Morgan fingerprint density at radius 2 is 1.80 bits per heavy atom. The van der Waals surface area contributed by atoms with Crippen LogP contribution in [-0.4, -0.2) is 60.1 Å². The monoisotopic (exact) mass is 354 g/mol. The van der Waals surface area contributed by atoms with Crippen LogP contribution in [0.3, 0.4) is 0 Å². The molecule has 1 aromatic rings. The van der Waals surface area contributed by atoms with Gasteiger partial charge in [0, 0.05) is 0 Å². The number of hydrogen-bond donors (Lipinski definition) is 4. The topological polar surface area (TPSA) is 134 Å². The number of alkyl carbamates (subject to hydrolysis) is 1. The van der Waals surface area contributed by atoms with E-state index in [9.17, 15) is 24.6 Å². The van der Waals surface area contributed by atoms with Crippen LogP contribution in [0.1, 0.15) is 12.5 Å². The zero-order valence-electron chi connectivity index (χ0n) is 14.0. The van der Waals surface area contributed by atoms with Crippen LogP contribution in [0, 0.1) is 0 Å². The van der Waals surface area contributed by atoms with Crippen LogP contribution in [0.15, 0.2) is 30.3 Å². The zero-order valence-corrected chi connectivity index (χ0v) is 14.0. The highest BCUT2D eigenvalue weighted by molar-refractivity contribution is 5.90. The highest BCUT2D eigenvalue weighted by Gasteiger charge is 2.30. The van der Waals surface area contributed by atoms with E-state index in [0.717, 1.165) is 12.7 Å². The Morgan fingerprint density at radius 3 is 2.32 bits per heavy atom. The van der Waals surface area contributed by atoms with Crippen molar-refractivity contribution >= 4 is 18.0 Å². The summed E-state index contributed by atoms with van der Waals surface area (Å²) in [5.41, 5.74) is 0.752. The molecule has 0 fully saturated rings. The number of ether oxygens (including phenoxy) is 2. The predicted molar refractivity (Wildman–Crippen MR) is 86.3 cm³/mol. The van der Waals surface area contributed by atoms with Crippen LogP contribution in [-0.2, 0) is 25.7 Å². The van der Waals surface area contributed by atoms with Crippen molar-refractivity contribution < 1.29 is 34.1 Å². The molecule has 3 unspecified atom stereocenters.